The average Bonchev–Trinajstić information content (AvgIpc) is 3.02. The monoisotopic (exact) mass is 368 g/mol. The highest BCUT2D eigenvalue weighted by atomic mass is 16.5. The summed E-state index contributed by atoms with van der Waals surface area (Å²) < 4.78 is 5.18. The predicted octanol–water partition coefficient (Wildman–Crippen LogP) is 3.13. The minimum atomic E-state index is -0.243. The molecule has 5 nitrogen and oxygen atoms in total. The first-order valence-corrected chi connectivity index (χ1v) is 10.3. The van der Waals surface area contributed by atoms with Crippen LogP contribution in [0.25, 0.3) is 0 Å². The number of amides is 2. The minimum absolute atomic E-state index is 0.0163. The van der Waals surface area contributed by atoms with Gasteiger partial charge in [-0.05, 0) is 80.5 Å². The number of nitrogens with zero attached hydrogens (tertiary/aromatic N) is 1. The molecule has 5 fully saturated rings. The van der Waals surface area contributed by atoms with Gasteiger partial charge in [-0.25, -0.2) is 0 Å². The van der Waals surface area contributed by atoms with Crippen LogP contribution < -0.4 is 15.0 Å². The maximum Gasteiger partial charge on any atom is 0.227 e. The van der Waals surface area contributed by atoms with Crippen molar-refractivity contribution in [1.82, 2.24) is 5.32 Å². The van der Waals surface area contributed by atoms with Crippen molar-refractivity contribution < 1.29 is 14.3 Å². The van der Waals surface area contributed by atoms with Crippen LogP contribution in [-0.4, -0.2) is 31.0 Å². The molecular formula is C22H28N2O3. The molecule has 1 unspecified atom stereocenters. The Kier molecular flexibility index (Phi) is 3.95. The Morgan fingerprint density at radius 2 is 1.67 bits per heavy atom. The zero-order chi connectivity index (χ0) is 18.6. The van der Waals surface area contributed by atoms with Crippen LogP contribution in [-0.2, 0) is 9.59 Å². The molecule has 1 N–H and O–H groups in total. The van der Waals surface area contributed by atoms with E-state index in [9.17, 15) is 9.59 Å². The highest BCUT2D eigenvalue weighted by Crippen LogP contribution is 2.55. The van der Waals surface area contributed by atoms with Crippen LogP contribution in [0, 0.1) is 23.7 Å². The Balaban J connectivity index is 1.27. The zero-order valence-electron chi connectivity index (χ0n) is 15.9. The summed E-state index contributed by atoms with van der Waals surface area (Å²) >= 11 is 0. The molecule has 1 heterocycles. The molecule has 1 aromatic carbocycles. The molecule has 2 amide bonds. The standard InChI is InChI=1S/C22H28N2O3/c1-27-19-4-2-18(3-5-19)24-13-17(9-20(24)25)21(26)23-22-10-14-6-15(11-22)8-16(7-14)12-22/h2-5,14-17H,6-13H2,1H3,(H,23,26). The average molecular weight is 368 g/mol. The van der Waals surface area contributed by atoms with Crippen LogP contribution in [0.1, 0.15) is 44.9 Å². The van der Waals surface area contributed by atoms with Gasteiger partial charge in [0, 0.05) is 24.2 Å². The van der Waals surface area contributed by atoms with Gasteiger partial charge in [0.2, 0.25) is 11.8 Å². The number of hydrogen-bond acceptors (Lipinski definition) is 3. The van der Waals surface area contributed by atoms with Crippen molar-refractivity contribution >= 4 is 17.5 Å². The number of methoxy groups -OCH3 is 1. The molecule has 1 aliphatic heterocycles. The molecular weight excluding hydrogens is 340 g/mol. The van der Waals surface area contributed by atoms with E-state index in [1.165, 1.54) is 19.3 Å². The first kappa shape index (κ1) is 17.1. The van der Waals surface area contributed by atoms with Crippen molar-refractivity contribution in [2.45, 2.75) is 50.5 Å². The first-order valence-electron chi connectivity index (χ1n) is 10.3. The third-order valence-electron chi connectivity index (χ3n) is 7.31. The molecule has 1 aromatic rings. The Morgan fingerprint density at radius 3 is 2.22 bits per heavy atom. The fourth-order valence-electron chi connectivity index (χ4n) is 6.52. The molecule has 0 spiro atoms. The topological polar surface area (TPSA) is 58.6 Å². The van der Waals surface area contributed by atoms with E-state index in [2.05, 4.69) is 5.32 Å². The second-order valence-electron chi connectivity index (χ2n) is 9.29. The van der Waals surface area contributed by atoms with Crippen LogP contribution in [0.15, 0.2) is 24.3 Å². The smallest absolute Gasteiger partial charge is 0.227 e. The number of carbonyl (C=O) groups is 2. The van der Waals surface area contributed by atoms with Crippen molar-refractivity contribution in [3.63, 3.8) is 0 Å². The van der Waals surface area contributed by atoms with E-state index in [0.29, 0.717) is 13.0 Å². The lowest BCUT2D eigenvalue weighted by Gasteiger charge is -2.57. The van der Waals surface area contributed by atoms with E-state index < -0.39 is 0 Å². The molecule has 0 aromatic heterocycles. The van der Waals surface area contributed by atoms with E-state index in [4.69, 9.17) is 4.74 Å². The Hall–Kier alpha value is -2.04. The van der Waals surface area contributed by atoms with Crippen molar-refractivity contribution in [2.75, 3.05) is 18.6 Å². The summed E-state index contributed by atoms with van der Waals surface area (Å²) in [5.41, 5.74) is 0.855. The van der Waals surface area contributed by atoms with Gasteiger partial charge in [0.25, 0.3) is 0 Å². The van der Waals surface area contributed by atoms with E-state index in [-0.39, 0.29) is 23.3 Å². The molecule has 1 saturated heterocycles. The molecule has 0 radical (unpaired) electrons. The van der Waals surface area contributed by atoms with E-state index >= 15 is 0 Å². The van der Waals surface area contributed by atoms with Crippen LogP contribution in [0.5, 0.6) is 5.75 Å². The number of anilines is 1. The summed E-state index contributed by atoms with van der Waals surface area (Å²) in [7, 11) is 1.63. The lowest BCUT2D eigenvalue weighted by atomic mass is 9.53. The maximum atomic E-state index is 13.0. The van der Waals surface area contributed by atoms with Gasteiger partial charge in [-0.3, -0.25) is 9.59 Å². The summed E-state index contributed by atoms with van der Waals surface area (Å²) in [6, 6.07) is 7.48. The van der Waals surface area contributed by atoms with Crippen LogP contribution >= 0.6 is 0 Å². The zero-order valence-corrected chi connectivity index (χ0v) is 15.9. The van der Waals surface area contributed by atoms with Gasteiger partial charge in [0.05, 0.1) is 13.0 Å². The molecule has 6 rings (SSSR count). The molecule has 5 heteroatoms. The van der Waals surface area contributed by atoms with Gasteiger partial charge < -0.3 is 15.0 Å². The molecule has 144 valence electrons. The third-order valence-corrected chi connectivity index (χ3v) is 7.31. The van der Waals surface area contributed by atoms with Crippen molar-refractivity contribution in [3.8, 4) is 5.75 Å². The number of carbonyl (C=O) groups excluding carboxylic acids is 2. The molecule has 1 atom stereocenters. The molecule has 4 aliphatic carbocycles. The summed E-state index contributed by atoms with van der Waals surface area (Å²) in [5.74, 6) is 3.05. The van der Waals surface area contributed by atoms with Gasteiger partial charge in [-0.2, -0.15) is 0 Å². The van der Waals surface area contributed by atoms with E-state index in [1.807, 2.05) is 24.3 Å². The largest absolute Gasteiger partial charge is 0.497 e. The number of ether oxygens (including phenoxy) is 1. The molecule has 5 aliphatic rings. The van der Waals surface area contributed by atoms with E-state index in [0.717, 1.165) is 48.5 Å². The van der Waals surface area contributed by atoms with Crippen molar-refractivity contribution in [2.24, 2.45) is 23.7 Å². The first-order chi connectivity index (χ1) is 13.0. The van der Waals surface area contributed by atoms with E-state index in [1.54, 1.807) is 12.0 Å². The molecule has 4 saturated carbocycles. The fraction of sp³-hybridized carbons (Fsp3) is 0.636. The predicted molar refractivity (Wildman–Crippen MR) is 102 cm³/mol. The highest BCUT2D eigenvalue weighted by molar-refractivity contribution is 6.00. The van der Waals surface area contributed by atoms with Crippen LogP contribution in [0.2, 0.25) is 0 Å². The van der Waals surface area contributed by atoms with Crippen molar-refractivity contribution in [1.29, 1.82) is 0 Å². The van der Waals surface area contributed by atoms with Gasteiger partial charge in [-0.1, -0.05) is 0 Å². The summed E-state index contributed by atoms with van der Waals surface area (Å²) in [6.07, 6.45) is 7.84. The van der Waals surface area contributed by atoms with Gasteiger partial charge in [0.1, 0.15) is 5.75 Å². The number of nitrogens with one attached hydrogen (secondary N) is 1. The van der Waals surface area contributed by atoms with Gasteiger partial charge in [-0.15, -0.1) is 0 Å². The summed E-state index contributed by atoms with van der Waals surface area (Å²) in [4.78, 5) is 27.3. The quantitative estimate of drug-likeness (QED) is 0.888. The number of rotatable bonds is 4. The maximum absolute atomic E-state index is 13.0. The lowest BCUT2D eigenvalue weighted by molar-refractivity contribution is -0.131. The summed E-state index contributed by atoms with van der Waals surface area (Å²) in [6.45, 7) is 0.476. The number of hydrogen-bond donors (Lipinski definition) is 1. The highest BCUT2D eigenvalue weighted by Gasteiger charge is 2.52. The second-order valence-corrected chi connectivity index (χ2v) is 9.29. The Morgan fingerprint density at radius 1 is 1.07 bits per heavy atom. The van der Waals surface area contributed by atoms with Crippen LogP contribution in [0.4, 0.5) is 5.69 Å². The Bertz CT molecular complexity index is 722. The second kappa shape index (κ2) is 6.25. The van der Waals surface area contributed by atoms with Crippen LogP contribution in [0.3, 0.4) is 0 Å². The SMILES string of the molecule is COc1ccc(N2CC(C(=O)NC34CC5CC(CC(C5)C3)C4)CC2=O)cc1. The normalized spacial score (nSPS) is 36.9. The fourth-order valence-corrected chi connectivity index (χ4v) is 6.52. The Labute approximate surface area is 160 Å². The van der Waals surface area contributed by atoms with Gasteiger partial charge in [0.15, 0.2) is 0 Å². The molecule has 27 heavy (non-hydrogen) atoms. The lowest BCUT2D eigenvalue weighted by Crippen LogP contribution is -2.60. The number of benzene rings is 1. The third kappa shape index (κ3) is 3.01. The summed E-state index contributed by atoms with van der Waals surface area (Å²) in [5, 5.41) is 3.44. The molecule has 4 bridgehead atoms. The van der Waals surface area contributed by atoms with Crippen molar-refractivity contribution in [3.05, 3.63) is 24.3 Å². The van der Waals surface area contributed by atoms with Gasteiger partial charge >= 0.3 is 0 Å². The minimum Gasteiger partial charge on any atom is -0.497 e.